The minimum absolute atomic E-state index is 0.258. The van der Waals surface area contributed by atoms with Crippen LogP contribution in [0.1, 0.15) is 18.4 Å². The lowest BCUT2D eigenvalue weighted by atomic mass is 10.1. The SMILES string of the molecule is COC1CCCN(c2ccc(NS(=O)(=O)c3ccc(C)cc3)cc2)C1. The maximum Gasteiger partial charge on any atom is 0.261 e. The Bertz CT molecular complexity index is 802. The van der Waals surface area contributed by atoms with Gasteiger partial charge in [0.1, 0.15) is 0 Å². The number of sulfonamides is 1. The summed E-state index contributed by atoms with van der Waals surface area (Å²) in [5.41, 5.74) is 2.67. The van der Waals surface area contributed by atoms with E-state index in [-0.39, 0.29) is 11.0 Å². The maximum absolute atomic E-state index is 12.4. The molecule has 0 aromatic heterocycles. The van der Waals surface area contributed by atoms with Crippen LogP contribution in [-0.2, 0) is 14.8 Å². The zero-order valence-electron chi connectivity index (χ0n) is 14.6. The summed E-state index contributed by atoms with van der Waals surface area (Å²) in [4.78, 5) is 2.54. The molecule has 1 heterocycles. The van der Waals surface area contributed by atoms with E-state index >= 15 is 0 Å². The van der Waals surface area contributed by atoms with Gasteiger partial charge in [0, 0.05) is 31.6 Å². The third-order valence-electron chi connectivity index (χ3n) is 4.53. The Morgan fingerprint density at radius 3 is 2.40 bits per heavy atom. The van der Waals surface area contributed by atoms with Crippen molar-refractivity contribution in [3.8, 4) is 0 Å². The van der Waals surface area contributed by atoms with Crippen molar-refractivity contribution in [3.05, 3.63) is 54.1 Å². The second-order valence-electron chi connectivity index (χ2n) is 6.41. The highest BCUT2D eigenvalue weighted by Crippen LogP contribution is 2.24. The third-order valence-corrected chi connectivity index (χ3v) is 5.92. The molecule has 1 aliphatic rings. The average molecular weight is 360 g/mol. The molecule has 134 valence electrons. The third kappa shape index (κ3) is 4.32. The number of benzene rings is 2. The number of nitrogens with zero attached hydrogens (tertiary/aromatic N) is 1. The van der Waals surface area contributed by atoms with Gasteiger partial charge < -0.3 is 9.64 Å². The molecule has 25 heavy (non-hydrogen) atoms. The van der Waals surface area contributed by atoms with Crippen LogP contribution in [0, 0.1) is 6.92 Å². The van der Waals surface area contributed by atoms with Crippen molar-refractivity contribution in [1.29, 1.82) is 0 Å². The maximum atomic E-state index is 12.4. The quantitative estimate of drug-likeness (QED) is 0.888. The van der Waals surface area contributed by atoms with Crippen molar-refractivity contribution in [2.45, 2.75) is 30.8 Å². The first-order valence-electron chi connectivity index (χ1n) is 8.45. The highest BCUT2D eigenvalue weighted by molar-refractivity contribution is 7.92. The molecular weight excluding hydrogens is 336 g/mol. The molecule has 0 radical (unpaired) electrons. The summed E-state index contributed by atoms with van der Waals surface area (Å²) in [6, 6.07) is 14.3. The molecule has 6 heteroatoms. The molecule has 1 atom stereocenters. The van der Waals surface area contributed by atoms with Crippen molar-refractivity contribution >= 4 is 21.4 Å². The van der Waals surface area contributed by atoms with E-state index in [4.69, 9.17) is 4.74 Å². The molecule has 3 rings (SSSR count). The normalized spacial score (nSPS) is 18.2. The Morgan fingerprint density at radius 1 is 1.08 bits per heavy atom. The van der Waals surface area contributed by atoms with Gasteiger partial charge >= 0.3 is 0 Å². The number of rotatable bonds is 5. The first-order chi connectivity index (χ1) is 12.0. The zero-order valence-corrected chi connectivity index (χ0v) is 15.4. The van der Waals surface area contributed by atoms with Gasteiger partial charge in [0.25, 0.3) is 10.0 Å². The van der Waals surface area contributed by atoms with Crippen LogP contribution in [0.5, 0.6) is 0 Å². The molecule has 0 bridgehead atoms. The van der Waals surface area contributed by atoms with Crippen LogP contribution in [0.3, 0.4) is 0 Å². The number of methoxy groups -OCH3 is 1. The fourth-order valence-electron chi connectivity index (χ4n) is 3.04. The number of aryl methyl sites for hydroxylation is 1. The number of ether oxygens (including phenoxy) is 1. The van der Waals surface area contributed by atoms with E-state index in [9.17, 15) is 8.42 Å². The minimum atomic E-state index is -3.56. The number of piperidine rings is 1. The van der Waals surface area contributed by atoms with E-state index in [0.29, 0.717) is 5.69 Å². The Kier molecular flexibility index (Phi) is 5.30. The van der Waals surface area contributed by atoms with Gasteiger partial charge in [-0.1, -0.05) is 17.7 Å². The Balaban J connectivity index is 1.71. The van der Waals surface area contributed by atoms with Crippen LogP contribution in [0.2, 0.25) is 0 Å². The lowest BCUT2D eigenvalue weighted by molar-refractivity contribution is 0.0893. The molecule has 1 N–H and O–H groups in total. The molecule has 0 saturated carbocycles. The van der Waals surface area contributed by atoms with Gasteiger partial charge in [0.2, 0.25) is 0 Å². The molecular formula is C19H24N2O3S. The zero-order chi connectivity index (χ0) is 17.9. The van der Waals surface area contributed by atoms with Crippen LogP contribution in [-0.4, -0.2) is 34.7 Å². The van der Waals surface area contributed by atoms with E-state index in [1.54, 1.807) is 43.5 Å². The molecule has 1 aliphatic heterocycles. The standard InChI is InChI=1S/C19H24N2O3S/c1-15-5-11-19(12-6-15)25(22,23)20-16-7-9-17(10-8-16)21-13-3-4-18(14-21)24-2/h5-12,18,20H,3-4,13-14H2,1-2H3. The van der Waals surface area contributed by atoms with Crippen LogP contribution in [0.15, 0.2) is 53.4 Å². The summed E-state index contributed by atoms with van der Waals surface area (Å²) in [5.74, 6) is 0. The summed E-state index contributed by atoms with van der Waals surface area (Å²) >= 11 is 0. The molecule has 1 saturated heterocycles. The largest absolute Gasteiger partial charge is 0.380 e. The summed E-state index contributed by atoms with van der Waals surface area (Å²) in [6.07, 6.45) is 2.44. The summed E-state index contributed by atoms with van der Waals surface area (Å²) < 4.78 is 33.0. The minimum Gasteiger partial charge on any atom is -0.380 e. The predicted molar refractivity (Wildman–Crippen MR) is 101 cm³/mol. The monoisotopic (exact) mass is 360 g/mol. The molecule has 0 spiro atoms. The van der Waals surface area contributed by atoms with Gasteiger partial charge in [-0.05, 0) is 56.2 Å². The Morgan fingerprint density at radius 2 is 1.76 bits per heavy atom. The van der Waals surface area contributed by atoms with Gasteiger partial charge in [0.15, 0.2) is 0 Å². The fourth-order valence-corrected chi connectivity index (χ4v) is 4.10. The second-order valence-corrected chi connectivity index (χ2v) is 8.09. The molecule has 0 amide bonds. The van der Waals surface area contributed by atoms with Crippen LogP contribution < -0.4 is 9.62 Å². The molecule has 2 aromatic carbocycles. The van der Waals surface area contributed by atoms with Crippen molar-refractivity contribution in [3.63, 3.8) is 0 Å². The van der Waals surface area contributed by atoms with Gasteiger partial charge in [0.05, 0.1) is 11.0 Å². The molecule has 1 unspecified atom stereocenters. The fraction of sp³-hybridized carbons (Fsp3) is 0.368. The number of nitrogens with one attached hydrogen (secondary N) is 1. The summed E-state index contributed by atoms with van der Waals surface area (Å²) in [6.45, 7) is 3.79. The highest BCUT2D eigenvalue weighted by atomic mass is 32.2. The summed E-state index contributed by atoms with van der Waals surface area (Å²) in [7, 11) is -1.82. The number of hydrogen-bond acceptors (Lipinski definition) is 4. The van der Waals surface area contributed by atoms with E-state index in [0.717, 1.165) is 37.2 Å². The lowest BCUT2D eigenvalue weighted by Crippen LogP contribution is -2.39. The first-order valence-corrected chi connectivity index (χ1v) is 9.93. The van der Waals surface area contributed by atoms with Crippen LogP contribution >= 0.6 is 0 Å². The Labute approximate surface area is 149 Å². The van der Waals surface area contributed by atoms with E-state index in [1.165, 1.54) is 0 Å². The van der Waals surface area contributed by atoms with E-state index < -0.39 is 10.0 Å². The molecule has 1 fully saturated rings. The highest BCUT2D eigenvalue weighted by Gasteiger charge is 2.20. The first kappa shape index (κ1) is 17.8. The molecule has 0 aliphatic carbocycles. The molecule has 5 nitrogen and oxygen atoms in total. The van der Waals surface area contributed by atoms with Crippen LogP contribution in [0.25, 0.3) is 0 Å². The predicted octanol–water partition coefficient (Wildman–Crippen LogP) is 3.41. The average Bonchev–Trinajstić information content (AvgIpc) is 2.62. The van der Waals surface area contributed by atoms with Crippen molar-refractivity contribution in [2.24, 2.45) is 0 Å². The van der Waals surface area contributed by atoms with Gasteiger partial charge in [-0.3, -0.25) is 4.72 Å². The topological polar surface area (TPSA) is 58.6 Å². The van der Waals surface area contributed by atoms with E-state index in [1.807, 2.05) is 19.1 Å². The van der Waals surface area contributed by atoms with Crippen molar-refractivity contribution in [1.82, 2.24) is 0 Å². The summed E-state index contributed by atoms with van der Waals surface area (Å²) in [5, 5.41) is 0. The van der Waals surface area contributed by atoms with Crippen molar-refractivity contribution < 1.29 is 13.2 Å². The van der Waals surface area contributed by atoms with Gasteiger partial charge in [-0.15, -0.1) is 0 Å². The van der Waals surface area contributed by atoms with Crippen molar-refractivity contribution in [2.75, 3.05) is 29.8 Å². The molecule has 2 aromatic rings. The number of hydrogen-bond donors (Lipinski definition) is 1. The lowest BCUT2D eigenvalue weighted by Gasteiger charge is -2.33. The van der Waals surface area contributed by atoms with Gasteiger partial charge in [-0.2, -0.15) is 0 Å². The smallest absolute Gasteiger partial charge is 0.261 e. The van der Waals surface area contributed by atoms with Crippen LogP contribution in [0.4, 0.5) is 11.4 Å². The van der Waals surface area contributed by atoms with E-state index in [2.05, 4.69) is 9.62 Å². The Hall–Kier alpha value is -2.05. The van der Waals surface area contributed by atoms with Gasteiger partial charge in [-0.25, -0.2) is 8.42 Å². The number of anilines is 2. The second kappa shape index (κ2) is 7.45.